The highest BCUT2D eigenvalue weighted by Crippen LogP contribution is 2.32. The molecular formula is C20H20Cl3NO3. The topological polar surface area (TPSA) is 55.4 Å². The number of hydrogen-bond donors (Lipinski definition) is 1. The van der Waals surface area contributed by atoms with Crippen molar-refractivity contribution in [1.82, 2.24) is 0 Å². The van der Waals surface area contributed by atoms with E-state index in [1.54, 1.807) is 0 Å². The average Bonchev–Trinajstić information content (AvgIpc) is 2.64. The minimum atomic E-state index is -0.302. The summed E-state index contributed by atoms with van der Waals surface area (Å²) in [6.07, 6.45) is 2.39. The fourth-order valence-corrected chi connectivity index (χ4v) is 3.00. The first-order valence-corrected chi connectivity index (χ1v) is 9.73. The van der Waals surface area contributed by atoms with Crippen LogP contribution in [0.2, 0.25) is 15.1 Å². The van der Waals surface area contributed by atoms with E-state index >= 15 is 0 Å². The summed E-state index contributed by atoms with van der Waals surface area (Å²) in [7, 11) is 0. The highest BCUT2D eigenvalue weighted by molar-refractivity contribution is 6.44. The highest BCUT2D eigenvalue weighted by atomic mass is 35.5. The standard InChI is InChI=1S/C20H20Cl3NO3/c21-15-12-17(23)18(13-16(15)22)24-19(25)9-4-10-20(26)27-11-5-8-14-6-2-1-3-7-14/h1-3,6-7,12-13H,4-5,8-11H2,(H,24,25). The van der Waals surface area contributed by atoms with Crippen LogP contribution in [-0.2, 0) is 20.7 Å². The van der Waals surface area contributed by atoms with E-state index in [1.165, 1.54) is 17.7 Å². The monoisotopic (exact) mass is 427 g/mol. The van der Waals surface area contributed by atoms with Gasteiger partial charge in [-0.15, -0.1) is 0 Å². The summed E-state index contributed by atoms with van der Waals surface area (Å²) in [4.78, 5) is 23.7. The molecule has 2 aromatic rings. The smallest absolute Gasteiger partial charge is 0.305 e. The number of anilines is 1. The summed E-state index contributed by atoms with van der Waals surface area (Å²) in [5.41, 5.74) is 1.60. The molecule has 0 aliphatic rings. The zero-order chi connectivity index (χ0) is 19.6. The first-order valence-electron chi connectivity index (χ1n) is 8.59. The van der Waals surface area contributed by atoms with Gasteiger partial charge in [0.05, 0.1) is 27.4 Å². The molecule has 7 heteroatoms. The van der Waals surface area contributed by atoms with Crippen molar-refractivity contribution in [3.05, 3.63) is 63.1 Å². The Labute approximate surface area is 173 Å². The Hall–Kier alpha value is -1.75. The molecule has 0 radical (unpaired) electrons. The van der Waals surface area contributed by atoms with Crippen LogP contribution in [0.15, 0.2) is 42.5 Å². The number of carbonyl (C=O) groups excluding carboxylic acids is 2. The maximum absolute atomic E-state index is 12.0. The molecule has 0 unspecified atom stereocenters. The summed E-state index contributed by atoms with van der Waals surface area (Å²) < 4.78 is 5.19. The van der Waals surface area contributed by atoms with E-state index in [-0.39, 0.29) is 24.7 Å². The van der Waals surface area contributed by atoms with Crippen molar-refractivity contribution in [1.29, 1.82) is 0 Å². The molecule has 0 bridgehead atoms. The molecule has 0 spiro atoms. The summed E-state index contributed by atoms with van der Waals surface area (Å²) in [6.45, 7) is 0.374. The van der Waals surface area contributed by atoms with Gasteiger partial charge in [0.2, 0.25) is 5.91 Å². The minimum absolute atomic E-state index is 0.176. The summed E-state index contributed by atoms with van der Waals surface area (Å²) in [6, 6.07) is 13.0. The number of amides is 1. The van der Waals surface area contributed by atoms with Crippen molar-refractivity contribution >= 4 is 52.4 Å². The van der Waals surface area contributed by atoms with Crippen LogP contribution in [0.25, 0.3) is 0 Å². The molecule has 0 aliphatic carbocycles. The van der Waals surface area contributed by atoms with Gasteiger partial charge in [0, 0.05) is 12.8 Å². The van der Waals surface area contributed by atoms with Crippen LogP contribution in [0.4, 0.5) is 5.69 Å². The van der Waals surface area contributed by atoms with Crippen LogP contribution in [0.5, 0.6) is 0 Å². The van der Waals surface area contributed by atoms with Gasteiger partial charge in [-0.05, 0) is 37.0 Å². The zero-order valence-electron chi connectivity index (χ0n) is 14.6. The van der Waals surface area contributed by atoms with Gasteiger partial charge in [-0.25, -0.2) is 0 Å². The largest absolute Gasteiger partial charge is 0.466 e. The van der Waals surface area contributed by atoms with E-state index in [9.17, 15) is 9.59 Å². The van der Waals surface area contributed by atoms with Gasteiger partial charge in [0.1, 0.15) is 0 Å². The molecule has 0 aromatic heterocycles. The summed E-state index contributed by atoms with van der Waals surface area (Å²) in [5, 5.41) is 3.57. The third kappa shape index (κ3) is 7.79. The van der Waals surface area contributed by atoms with Crippen molar-refractivity contribution in [2.45, 2.75) is 32.1 Å². The lowest BCUT2D eigenvalue weighted by Crippen LogP contribution is -2.13. The number of nitrogens with one attached hydrogen (secondary N) is 1. The van der Waals surface area contributed by atoms with Gasteiger partial charge < -0.3 is 10.1 Å². The van der Waals surface area contributed by atoms with E-state index in [2.05, 4.69) is 5.32 Å². The van der Waals surface area contributed by atoms with Crippen LogP contribution in [-0.4, -0.2) is 18.5 Å². The van der Waals surface area contributed by atoms with Crippen LogP contribution >= 0.6 is 34.8 Å². The third-order valence-electron chi connectivity index (χ3n) is 3.78. The van der Waals surface area contributed by atoms with Crippen molar-refractivity contribution in [2.24, 2.45) is 0 Å². The number of carbonyl (C=O) groups is 2. The van der Waals surface area contributed by atoms with Gasteiger partial charge in [-0.1, -0.05) is 65.1 Å². The summed E-state index contributed by atoms with van der Waals surface area (Å²) in [5.74, 6) is -0.560. The second kappa shape index (κ2) is 11.2. The fraction of sp³-hybridized carbons (Fsp3) is 0.300. The van der Waals surface area contributed by atoms with Crippen molar-refractivity contribution in [3.63, 3.8) is 0 Å². The number of aryl methyl sites for hydroxylation is 1. The number of benzene rings is 2. The van der Waals surface area contributed by atoms with Gasteiger partial charge in [-0.3, -0.25) is 9.59 Å². The van der Waals surface area contributed by atoms with Crippen LogP contribution in [0.1, 0.15) is 31.2 Å². The number of hydrogen-bond acceptors (Lipinski definition) is 3. The van der Waals surface area contributed by atoms with E-state index in [0.29, 0.717) is 33.8 Å². The summed E-state index contributed by atoms with van der Waals surface area (Å²) >= 11 is 17.8. The van der Waals surface area contributed by atoms with Gasteiger partial charge in [-0.2, -0.15) is 0 Å². The van der Waals surface area contributed by atoms with Gasteiger partial charge in [0.25, 0.3) is 0 Å². The van der Waals surface area contributed by atoms with Crippen molar-refractivity contribution in [2.75, 3.05) is 11.9 Å². The Balaban J connectivity index is 1.61. The number of ether oxygens (including phenoxy) is 1. The second-order valence-electron chi connectivity index (χ2n) is 5.96. The Morgan fingerprint density at radius 3 is 2.33 bits per heavy atom. The maximum atomic E-state index is 12.0. The molecule has 0 atom stereocenters. The molecular weight excluding hydrogens is 409 g/mol. The van der Waals surface area contributed by atoms with Crippen molar-refractivity contribution in [3.8, 4) is 0 Å². The van der Waals surface area contributed by atoms with E-state index in [4.69, 9.17) is 39.5 Å². The molecule has 0 heterocycles. The molecule has 0 aliphatic heterocycles. The van der Waals surface area contributed by atoms with Gasteiger partial charge in [0.15, 0.2) is 0 Å². The third-order valence-corrected chi connectivity index (χ3v) is 4.82. The lowest BCUT2D eigenvalue weighted by Gasteiger charge is -2.09. The molecule has 2 aromatic carbocycles. The quantitative estimate of drug-likeness (QED) is 0.306. The van der Waals surface area contributed by atoms with Gasteiger partial charge >= 0.3 is 5.97 Å². The Kier molecular flexibility index (Phi) is 8.92. The molecule has 0 saturated heterocycles. The molecule has 0 fully saturated rings. The highest BCUT2D eigenvalue weighted by Gasteiger charge is 2.10. The van der Waals surface area contributed by atoms with Crippen LogP contribution < -0.4 is 5.32 Å². The predicted octanol–water partition coefficient (Wildman–Crippen LogP) is 5.93. The maximum Gasteiger partial charge on any atom is 0.305 e. The second-order valence-corrected chi connectivity index (χ2v) is 7.18. The first kappa shape index (κ1) is 21.5. The molecule has 2 rings (SSSR count). The first-order chi connectivity index (χ1) is 13.0. The van der Waals surface area contributed by atoms with Crippen molar-refractivity contribution < 1.29 is 14.3 Å². The predicted molar refractivity (Wildman–Crippen MR) is 110 cm³/mol. The Morgan fingerprint density at radius 2 is 1.59 bits per heavy atom. The molecule has 1 amide bonds. The van der Waals surface area contributed by atoms with E-state index < -0.39 is 0 Å². The molecule has 1 N–H and O–H groups in total. The molecule has 144 valence electrons. The van der Waals surface area contributed by atoms with Crippen LogP contribution in [0, 0.1) is 0 Å². The molecule has 0 saturated carbocycles. The van der Waals surface area contributed by atoms with E-state index in [0.717, 1.165) is 12.8 Å². The molecule has 4 nitrogen and oxygen atoms in total. The SMILES string of the molecule is O=C(CCCC(=O)OCCCc1ccccc1)Nc1cc(Cl)c(Cl)cc1Cl. The minimum Gasteiger partial charge on any atom is -0.466 e. The lowest BCUT2D eigenvalue weighted by atomic mass is 10.1. The lowest BCUT2D eigenvalue weighted by molar-refractivity contribution is -0.143. The van der Waals surface area contributed by atoms with E-state index in [1.807, 2.05) is 30.3 Å². The fourth-order valence-electron chi connectivity index (χ4n) is 2.40. The Bertz CT molecular complexity index is 782. The Morgan fingerprint density at radius 1 is 0.889 bits per heavy atom. The average molecular weight is 429 g/mol. The number of rotatable bonds is 9. The zero-order valence-corrected chi connectivity index (χ0v) is 16.9. The molecule has 27 heavy (non-hydrogen) atoms. The number of halogens is 3. The number of esters is 1. The normalized spacial score (nSPS) is 10.5. The van der Waals surface area contributed by atoms with Crippen LogP contribution in [0.3, 0.4) is 0 Å².